The number of nitrogens with one attached hydrogen (secondary N) is 1. The molecule has 7 heteroatoms. The maximum Gasteiger partial charge on any atom is 0.243 e. The Morgan fingerprint density at radius 2 is 1.84 bits per heavy atom. The first-order chi connectivity index (χ1) is 8.64. The molecule has 0 amide bonds. The van der Waals surface area contributed by atoms with Crippen LogP contribution in [0.5, 0.6) is 5.75 Å². The van der Waals surface area contributed by atoms with E-state index in [1.54, 1.807) is 31.4 Å². The van der Waals surface area contributed by atoms with E-state index in [0.717, 1.165) is 13.0 Å². The summed E-state index contributed by atoms with van der Waals surface area (Å²) < 4.78 is 31.4. The third kappa shape index (κ3) is 3.82. The van der Waals surface area contributed by atoms with Crippen LogP contribution < -0.4 is 10.1 Å². The van der Waals surface area contributed by atoms with E-state index in [2.05, 4.69) is 5.32 Å². The zero-order chi connectivity index (χ0) is 13.0. The second kappa shape index (κ2) is 7.09. The van der Waals surface area contributed by atoms with Gasteiger partial charge in [-0.2, -0.15) is 4.31 Å². The molecule has 1 saturated heterocycles. The quantitative estimate of drug-likeness (QED) is 0.908. The zero-order valence-electron chi connectivity index (χ0n) is 10.8. The van der Waals surface area contributed by atoms with Gasteiger partial charge in [-0.15, -0.1) is 12.4 Å². The van der Waals surface area contributed by atoms with Crippen LogP contribution >= 0.6 is 12.4 Å². The molecule has 5 nitrogen and oxygen atoms in total. The summed E-state index contributed by atoms with van der Waals surface area (Å²) in [6.07, 6.45) is 0.843. The monoisotopic (exact) mass is 306 g/mol. The zero-order valence-corrected chi connectivity index (χ0v) is 12.5. The number of hydrogen-bond donors (Lipinski definition) is 1. The van der Waals surface area contributed by atoms with E-state index >= 15 is 0 Å². The lowest BCUT2D eigenvalue weighted by Gasteiger charge is -2.19. The number of methoxy groups -OCH3 is 1. The van der Waals surface area contributed by atoms with Crippen molar-refractivity contribution in [2.45, 2.75) is 11.3 Å². The van der Waals surface area contributed by atoms with Gasteiger partial charge in [0.05, 0.1) is 12.0 Å². The molecule has 19 heavy (non-hydrogen) atoms. The molecule has 0 aromatic heterocycles. The molecule has 0 radical (unpaired) electrons. The largest absolute Gasteiger partial charge is 0.497 e. The van der Waals surface area contributed by atoms with Crippen LogP contribution in [0.3, 0.4) is 0 Å². The molecular weight excluding hydrogens is 288 g/mol. The molecule has 1 aromatic carbocycles. The van der Waals surface area contributed by atoms with Crippen molar-refractivity contribution in [2.24, 2.45) is 0 Å². The Morgan fingerprint density at radius 1 is 1.16 bits per heavy atom. The average molecular weight is 307 g/mol. The van der Waals surface area contributed by atoms with Gasteiger partial charge < -0.3 is 10.1 Å². The number of nitrogens with zero attached hydrogens (tertiary/aromatic N) is 1. The summed E-state index contributed by atoms with van der Waals surface area (Å²) in [5, 5.41) is 3.19. The van der Waals surface area contributed by atoms with Gasteiger partial charge in [-0.25, -0.2) is 8.42 Å². The molecule has 0 atom stereocenters. The molecule has 1 aliphatic heterocycles. The van der Waals surface area contributed by atoms with Gasteiger partial charge in [-0.05, 0) is 37.2 Å². The molecule has 0 bridgehead atoms. The van der Waals surface area contributed by atoms with E-state index in [0.29, 0.717) is 30.3 Å². The van der Waals surface area contributed by atoms with Crippen LogP contribution in [-0.2, 0) is 10.0 Å². The molecule has 1 aliphatic rings. The highest BCUT2D eigenvalue weighted by atomic mass is 35.5. The SMILES string of the molecule is COc1ccc(S(=O)(=O)N2CCCNCC2)cc1.Cl. The van der Waals surface area contributed by atoms with Crippen LogP contribution in [0.1, 0.15) is 6.42 Å². The lowest BCUT2D eigenvalue weighted by atomic mass is 10.3. The molecule has 1 fully saturated rings. The van der Waals surface area contributed by atoms with Crippen molar-refractivity contribution in [3.8, 4) is 5.75 Å². The van der Waals surface area contributed by atoms with E-state index in [9.17, 15) is 8.42 Å². The third-order valence-corrected chi connectivity index (χ3v) is 4.91. The van der Waals surface area contributed by atoms with E-state index in [-0.39, 0.29) is 12.4 Å². The Labute approximate surface area is 120 Å². The maximum atomic E-state index is 12.4. The van der Waals surface area contributed by atoms with Crippen molar-refractivity contribution in [3.63, 3.8) is 0 Å². The van der Waals surface area contributed by atoms with Crippen molar-refractivity contribution >= 4 is 22.4 Å². The minimum absolute atomic E-state index is 0. The van der Waals surface area contributed by atoms with Gasteiger partial charge in [0, 0.05) is 19.6 Å². The smallest absolute Gasteiger partial charge is 0.243 e. The number of benzene rings is 1. The highest BCUT2D eigenvalue weighted by Crippen LogP contribution is 2.19. The summed E-state index contributed by atoms with van der Waals surface area (Å²) in [6, 6.07) is 6.52. The Balaban J connectivity index is 0.00000180. The maximum absolute atomic E-state index is 12.4. The summed E-state index contributed by atoms with van der Waals surface area (Å²) in [4.78, 5) is 0.324. The highest BCUT2D eigenvalue weighted by molar-refractivity contribution is 7.89. The molecule has 1 aromatic rings. The van der Waals surface area contributed by atoms with Crippen LogP contribution in [0, 0.1) is 0 Å². The molecule has 0 saturated carbocycles. The van der Waals surface area contributed by atoms with Crippen molar-refractivity contribution in [2.75, 3.05) is 33.3 Å². The Bertz CT molecular complexity index is 482. The van der Waals surface area contributed by atoms with E-state index in [1.807, 2.05) is 0 Å². The Morgan fingerprint density at radius 3 is 2.47 bits per heavy atom. The van der Waals surface area contributed by atoms with Crippen molar-refractivity contribution < 1.29 is 13.2 Å². The van der Waals surface area contributed by atoms with E-state index in [4.69, 9.17) is 4.74 Å². The standard InChI is InChI=1S/C12H18N2O3S.ClH/c1-17-11-3-5-12(6-4-11)18(15,16)14-9-2-7-13-8-10-14;/h3-6,13H,2,7-10H2,1H3;1H. The number of rotatable bonds is 3. The minimum Gasteiger partial charge on any atom is -0.497 e. The fourth-order valence-electron chi connectivity index (χ4n) is 1.96. The number of sulfonamides is 1. The second-order valence-electron chi connectivity index (χ2n) is 4.18. The first-order valence-electron chi connectivity index (χ1n) is 5.99. The fourth-order valence-corrected chi connectivity index (χ4v) is 3.44. The van der Waals surface area contributed by atoms with Gasteiger partial charge in [0.25, 0.3) is 0 Å². The third-order valence-electron chi connectivity index (χ3n) is 3.00. The van der Waals surface area contributed by atoms with Crippen LogP contribution in [-0.4, -0.2) is 46.0 Å². The summed E-state index contributed by atoms with van der Waals surface area (Å²) in [5.74, 6) is 0.659. The second-order valence-corrected chi connectivity index (χ2v) is 6.12. The topological polar surface area (TPSA) is 58.6 Å². The van der Waals surface area contributed by atoms with Gasteiger partial charge in [-0.3, -0.25) is 0 Å². The van der Waals surface area contributed by atoms with Crippen LogP contribution in [0.2, 0.25) is 0 Å². The van der Waals surface area contributed by atoms with Gasteiger partial charge in [0.1, 0.15) is 5.75 Å². The molecule has 0 unspecified atom stereocenters. The Kier molecular flexibility index (Phi) is 6.06. The highest BCUT2D eigenvalue weighted by Gasteiger charge is 2.24. The summed E-state index contributed by atoms with van der Waals surface area (Å²) in [7, 11) is -1.81. The first-order valence-corrected chi connectivity index (χ1v) is 7.43. The average Bonchev–Trinajstić information content (AvgIpc) is 2.68. The van der Waals surface area contributed by atoms with E-state index in [1.165, 1.54) is 4.31 Å². The molecule has 1 heterocycles. The van der Waals surface area contributed by atoms with Gasteiger partial charge in [0.15, 0.2) is 0 Å². The predicted molar refractivity (Wildman–Crippen MR) is 76.5 cm³/mol. The number of hydrogen-bond acceptors (Lipinski definition) is 4. The van der Waals surface area contributed by atoms with Crippen molar-refractivity contribution in [1.29, 1.82) is 0 Å². The fraction of sp³-hybridized carbons (Fsp3) is 0.500. The lowest BCUT2D eigenvalue weighted by Crippen LogP contribution is -2.34. The molecule has 0 aliphatic carbocycles. The van der Waals surface area contributed by atoms with Crippen LogP contribution in [0.15, 0.2) is 29.2 Å². The van der Waals surface area contributed by atoms with Gasteiger partial charge in [-0.1, -0.05) is 0 Å². The number of halogens is 1. The molecule has 1 N–H and O–H groups in total. The van der Waals surface area contributed by atoms with E-state index < -0.39 is 10.0 Å². The van der Waals surface area contributed by atoms with Crippen molar-refractivity contribution in [1.82, 2.24) is 9.62 Å². The van der Waals surface area contributed by atoms with Crippen LogP contribution in [0.25, 0.3) is 0 Å². The Hall–Kier alpha value is -0.820. The lowest BCUT2D eigenvalue weighted by molar-refractivity contribution is 0.413. The number of ether oxygens (including phenoxy) is 1. The normalized spacial score (nSPS) is 17.3. The molecule has 108 valence electrons. The molecule has 0 spiro atoms. The first kappa shape index (κ1) is 16.2. The van der Waals surface area contributed by atoms with Gasteiger partial charge >= 0.3 is 0 Å². The van der Waals surface area contributed by atoms with Gasteiger partial charge in [0.2, 0.25) is 10.0 Å². The molecular formula is C12H19ClN2O3S. The predicted octanol–water partition coefficient (Wildman–Crippen LogP) is 1.10. The summed E-state index contributed by atoms with van der Waals surface area (Å²) in [5.41, 5.74) is 0. The summed E-state index contributed by atoms with van der Waals surface area (Å²) in [6.45, 7) is 2.67. The summed E-state index contributed by atoms with van der Waals surface area (Å²) >= 11 is 0. The molecule has 2 rings (SSSR count). The van der Waals surface area contributed by atoms with Crippen LogP contribution in [0.4, 0.5) is 0 Å². The van der Waals surface area contributed by atoms with Crippen molar-refractivity contribution in [3.05, 3.63) is 24.3 Å². The minimum atomic E-state index is -3.37.